The second-order valence-electron chi connectivity index (χ2n) is 12.2. The maximum Gasteiger partial charge on any atom is 0.142 e. The molecule has 0 atom stereocenters. The van der Waals surface area contributed by atoms with Crippen molar-refractivity contribution in [3.8, 4) is 0 Å². The van der Waals surface area contributed by atoms with Gasteiger partial charge in [-0.15, -0.1) is 0 Å². The van der Waals surface area contributed by atoms with Gasteiger partial charge in [0.25, 0.3) is 0 Å². The first kappa shape index (κ1) is 29.2. The third-order valence-electron chi connectivity index (χ3n) is 9.93. The maximum atomic E-state index is 9.06. The van der Waals surface area contributed by atoms with Gasteiger partial charge >= 0.3 is 0 Å². The van der Waals surface area contributed by atoms with E-state index in [1.165, 1.54) is 115 Å². The standard InChI is InChI=1S/C31H51N.C3H4O/c1-3-5-6-7-23-8-21-31(24(4-2)22-23)29-15-13-27(14-16-29)25-9-11-26(12-10-25)28-17-19-30(32)20-18-28;1-2-3-4/h8,21-22,25-30H,3-7,9-20,32H2,1-2H3;2-3H,1H2. The lowest BCUT2D eigenvalue weighted by Crippen LogP contribution is -2.32. The highest BCUT2D eigenvalue weighted by Gasteiger charge is 2.34. The van der Waals surface area contributed by atoms with Crippen molar-refractivity contribution >= 4 is 6.29 Å². The summed E-state index contributed by atoms with van der Waals surface area (Å²) in [6.07, 6.45) is 25.7. The van der Waals surface area contributed by atoms with Crippen molar-refractivity contribution in [3.05, 3.63) is 47.5 Å². The predicted octanol–water partition coefficient (Wildman–Crippen LogP) is 8.95. The van der Waals surface area contributed by atoms with Gasteiger partial charge in [-0.25, -0.2) is 0 Å². The van der Waals surface area contributed by atoms with Crippen molar-refractivity contribution in [2.24, 2.45) is 29.4 Å². The minimum Gasteiger partial charge on any atom is -0.328 e. The van der Waals surface area contributed by atoms with E-state index in [2.05, 4.69) is 38.6 Å². The van der Waals surface area contributed by atoms with Crippen LogP contribution in [0.15, 0.2) is 30.9 Å². The zero-order valence-corrected chi connectivity index (χ0v) is 23.6. The van der Waals surface area contributed by atoms with Crippen molar-refractivity contribution in [2.45, 2.75) is 135 Å². The van der Waals surface area contributed by atoms with E-state index >= 15 is 0 Å². The smallest absolute Gasteiger partial charge is 0.142 e. The lowest BCUT2D eigenvalue weighted by molar-refractivity contribution is -0.104. The summed E-state index contributed by atoms with van der Waals surface area (Å²) in [4.78, 5) is 9.06. The molecule has 0 amide bonds. The average Bonchev–Trinajstić information content (AvgIpc) is 2.94. The van der Waals surface area contributed by atoms with Crippen LogP contribution >= 0.6 is 0 Å². The second kappa shape index (κ2) is 15.8. The molecule has 0 unspecified atom stereocenters. The van der Waals surface area contributed by atoms with E-state index < -0.39 is 0 Å². The summed E-state index contributed by atoms with van der Waals surface area (Å²) in [6, 6.07) is 8.03. The number of benzene rings is 1. The summed E-state index contributed by atoms with van der Waals surface area (Å²) in [5.41, 5.74) is 11.1. The van der Waals surface area contributed by atoms with Crippen LogP contribution in [-0.4, -0.2) is 12.3 Å². The lowest BCUT2D eigenvalue weighted by atomic mass is 9.65. The van der Waals surface area contributed by atoms with Gasteiger partial charge in [-0.1, -0.05) is 51.5 Å². The van der Waals surface area contributed by atoms with Crippen molar-refractivity contribution in [1.82, 2.24) is 0 Å². The molecule has 4 rings (SSSR count). The molecule has 2 heteroatoms. The van der Waals surface area contributed by atoms with E-state index in [1.807, 2.05) is 0 Å². The van der Waals surface area contributed by atoms with E-state index in [0.29, 0.717) is 12.3 Å². The Balaban J connectivity index is 0.000000840. The van der Waals surface area contributed by atoms with Gasteiger partial charge in [0, 0.05) is 6.04 Å². The molecule has 2 N–H and O–H groups in total. The van der Waals surface area contributed by atoms with E-state index in [9.17, 15) is 0 Å². The molecule has 0 bridgehead atoms. The van der Waals surface area contributed by atoms with Crippen LogP contribution in [0.25, 0.3) is 0 Å². The summed E-state index contributed by atoms with van der Waals surface area (Å²) in [6.45, 7) is 7.77. The Morgan fingerprint density at radius 3 is 1.78 bits per heavy atom. The number of nitrogens with two attached hydrogens (primary N) is 1. The topological polar surface area (TPSA) is 43.1 Å². The van der Waals surface area contributed by atoms with Gasteiger partial charge in [0.15, 0.2) is 0 Å². The van der Waals surface area contributed by atoms with Crippen molar-refractivity contribution < 1.29 is 4.79 Å². The molecule has 1 aromatic carbocycles. The molecular weight excluding hydrogens is 438 g/mol. The third-order valence-corrected chi connectivity index (χ3v) is 9.93. The minimum absolute atomic E-state index is 0.503. The van der Waals surface area contributed by atoms with E-state index in [-0.39, 0.29) is 0 Å². The SMILES string of the molecule is C=CC=O.CCCCCc1ccc(C2CCC(C3CCC(C4CCC(N)CC4)CC3)CC2)c(CC)c1. The number of carbonyl (C=O) groups is 1. The molecule has 3 aliphatic carbocycles. The molecule has 0 aromatic heterocycles. The maximum absolute atomic E-state index is 9.06. The van der Waals surface area contributed by atoms with Crippen LogP contribution in [0.1, 0.15) is 133 Å². The van der Waals surface area contributed by atoms with Gasteiger partial charge in [0.05, 0.1) is 0 Å². The Morgan fingerprint density at radius 2 is 1.31 bits per heavy atom. The van der Waals surface area contributed by atoms with Crippen molar-refractivity contribution in [3.63, 3.8) is 0 Å². The first-order valence-corrected chi connectivity index (χ1v) is 15.5. The summed E-state index contributed by atoms with van der Waals surface area (Å²) >= 11 is 0. The van der Waals surface area contributed by atoms with E-state index in [1.54, 1.807) is 16.7 Å². The van der Waals surface area contributed by atoms with Crippen molar-refractivity contribution in [2.75, 3.05) is 0 Å². The number of aldehydes is 1. The molecule has 0 aliphatic heterocycles. The highest BCUT2D eigenvalue weighted by molar-refractivity contribution is 5.63. The van der Waals surface area contributed by atoms with Crippen LogP contribution in [0.5, 0.6) is 0 Å². The number of carbonyl (C=O) groups excluding carboxylic acids is 1. The summed E-state index contributed by atoms with van der Waals surface area (Å²) in [7, 11) is 0. The summed E-state index contributed by atoms with van der Waals surface area (Å²) in [5, 5.41) is 0. The number of hydrogen-bond donors (Lipinski definition) is 1. The molecular formula is C34H55NO. The Labute approximate surface area is 222 Å². The molecule has 202 valence electrons. The molecule has 2 nitrogen and oxygen atoms in total. The molecule has 0 saturated heterocycles. The van der Waals surface area contributed by atoms with E-state index in [0.717, 1.165) is 29.6 Å². The van der Waals surface area contributed by atoms with Gasteiger partial charge in [-0.2, -0.15) is 0 Å². The number of rotatable bonds is 9. The van der Waals surface area contributed by atoms with Gasteiger partial charge < -0.3 is 5.73 Å². The average molecular weight is 494 g/mol. The Bertz CT molecular complexity index is 755. The molecule has 3 fully saturated rings. The normalized spacial score (nSPS) is 30.6. The highest BCUT2D eigenvalue weighted by Crippen LogP contribution is 2.47. The van der Waals surface area contributed by atoms with Gasteiger partial charge in [0.2, 0.25) is 0 Å². The van der Waals surface area contributed by atoms with Crippen molar-refractivity contribution in [1.29, 1.82) is 0 Å². The molecule has 1 aromatic rings. The molecule has 3 aliphatic rings. The van der Waals surface area contributed by atoms with Crippen LogP contribution in [-0.2, 0) is 17.6 Å². The van der Waals surface area contributed by atoms with Crippen LogP contribution in [0, 0.1) is 23.7 Å². The molecule has 0 spiro atoms. The predicted molar refractivity (Wildman–Crippen MR) is 155 cm³/mol. The molecule has 0 heterocycles. The largest absolute Gasteiger partial charge is 0.328 e. The minimum atomic E-state index is 0.503. The first-order chi connectivity index (χ1) is 17.6. The number of hydrogen-bond acceptors (Lipinski definition) is 2. The highest BCUT2D eigenvalue weighted by atomic mass is 16.1. The fourth-order valence-corrected chi connectivity index (χ4v) is 7.70. The van der Waals surface area contributed by atoms with Gasteiger partial charge in [0.1, 0.15) is 6.29 Å². The Kier molecular flexibility index (Phi) is 12.8. The fourth-order valence-electron chi connectivity index (χ4n) is 7.70. The monoisotopic (exact) mass is 493 g/mol. The number of allylic oxidation sites excluding steroid dienone is 1. The first-order valence-electron chi connectivity index (χ1n) is 15.5. The number of aryl methyl sites for hydroxylation is 2. The van der Waals surface area contributed by atoms with Crippen LogP contribution in [0.4, 0.5) is 0 Å². The zero-order chi connectivity index (χ0) is 25.8. The summed E-state index contributed by atoms with van der Waals surface area (Å²) in [5.74, 6) is 4.91. The second-order valence-corrected chi connectivity index (χ2v) is 12.2. The molecule has 36 heavy (non-hydrogen) atoms. The summed E-state index contributed by atoms with van der Waals surface area (Å²) < 4.78 is 0. The van der Waals surface area contributed by atoms with E-state index in [4.69, 9.17) is 10.5 Å². The van der Waals surface area contributed by atoms with Crippen LogP contribution in [0.3, 0.4) is 0 Å². The zero-order valence-electron chi connectivity index (χ0n) is 23.6. The Morgan fingerprint density at radius 1 is 0.806 bits per heavy atom. The quantitative estimate of drug-likeness (QED) is 0.212. The number of unbranched alkanes of at least 4 members (excludes halogenated alkanes) is 2. The van der Waals surface area contributed by atoms with Crippen LogP contribution < -0.4 is 5.73 Å². The third kappa shape index (κ3) is 8.57. The van der Waals surface area contributed by atoms with Gasteiger partial charge in [-0.05, 0) is 149 Å². The lowest BCUT2D eigenvalue weighted by Gasteiger charge is -2.41. The molecule has 3 saturated carbocycles. The van der Waals surface area contributed by atoms with Gasteiger partial charge in [-0.3, -0.25) is 4.79 Å². The van der Waals surface area contributed by atoms with Crippen LogP contribution in [0.2, 0.25) is 0 Å². The fraction of sp³-hybridized carbons (Fsp3) is 0.735. The molecule has 0 radical (unpaired) electrons. The Hall–Kier alpha value is -1.41.